The van der Waals surface area contributed by atoms with Crippen molar-refractivity contribution < 1.29 is 18.3 Å². The lowest BCUT2D eigenvalue weighted by Crippen LogP contribution is -2.17. The van der Waals surface area contributed by atoms with Crippen molar-refractivity contribution in [1.82, 2.24) is 0 Å². The highest BCUT2D eigenvalue weighted by atomic mass is 79.9. The molecule has 1 atom stereocenters. The summed E-state index contributed by atoms with van der Waals surface area (Å²) in [5.41, 5.74) is 0.530. The molecule has 1 aromatic carbocycles. The van der Waals surface area contributed by atoms with E-state index in [0.29, 0.717) is 10.9 Å². The SMILES string of the molecule is COC(C)COc1c(F)cc(CBr)cc1F. The molecule has 90 valence electrons. The Balaban J connectivity index is 2.80. The van der Waals surface area contributed by atoms with E-state index >= 15 is 0 Å². The fourth-order valence-electron chi connectivity index (χ4n) is 1.10. The summed E-state index contributed by atoms with van der Waals surface area (Å²) in [6, 6.07) is 2.48. The molecule has 5 heteroatoms. The van der Waals surface area contributed by atoms with E-state index in [0.717, 1.165) is 0 Å². The Morgan fingerprint density at radius 1 is 1.31 bits per heavy atom. The lowest BCUT2D eigenvalue weighted by molar-refractivity contribution is 0.0685. The van der Waals surface area contributed by atoms with Gasteiger partial charge in [-0.15, -0.1) is 0 Å². The molecule has 1 aromatic rings. The van der Waals surface area contributed by atoms with Crippen molar-refractivity contribution in [1.29, 1.82) is 0 Å². The predicted molar refractivity (Wildman–Crippen MR) is 61.0 cm³/mol. The number of hydrogen-bond donors (Lipinski definition) is 0. The van der Waals surface area contributed by atoms with Gasteiger partial charge in [-0.25, -0.2) is 8.78 Å². The minimum absolute atomic E-state index is 0.109. The van der Waals surface area contributed by atoms with Crippen LogP contribution in [0.1, 0.15) is 12.5 Å². The summed E-state index contributed by atoms with van der Waals surface area (Å²) in [7, 11) is 1.51. The standard InChI is InChI=1S/C11H13BrF2O2/c1-7(15-2)6-16-11-9(13)3-8(5-12)4-10(11)14/h3-4,7H,5-6H2,1-2H3. The second-order valence-corrected chi connectivity index (χ2v) is 3.94. The van der Waals surface area contributed by atoms with Gasteiger partial charge in [-0.05, 0) is 24.6 Å². The van der Waals surface area contributed by atoms with Gasteiger partial charge in [-0.3, -0.25) is 0 Å². The van der Waals surface area contributed by atoms with Gasteiger partial charge in [0.05, 0.1) is 6.10 Å². The van der Waals surface area contributed by atoms with Crippen molar-refractivity contribution >= 4 is 15.9 Å². The van der Waals surface area contributed by atoms with Gasteiger partial charge in [0.1, 0.15) is 6.61 Å². The van der Waals surface area contributed by atoms with Crippen molar-refractivity contribution in [3.05, 3.63) is 29.3 Å². The number of halogens is 3. The summed E-state index contributed by atoms with van der Waals surface area (Å²) < 4.78 is 36.8. The van der Waals surface area contributed by atoms with Crippen LogP contribution in [0.15, 0.2) is 12.1 Å². The molecule has 0 aliphatic carbocycles. The Hall–Kier alpha value is -0.680. The Labute approximate surface area is 102 Å². The number of ether oxygens (including phenoxy) is 2. The third kappa shape index (κ3) is 3.42. The number of benzene rings is 1. The van der Waals surface area contributed by atoms with Gasteiger partial charge in [0.25, 0.3) is 0 Å². The van der Waals surface area contributed by atoms with Gasteiger partial charge in [0.15, 0.2) is 17.4 Å². The van der Waals surface area contributed by atoms with E-state index in [1.54, 1.807) is 6.92 Å². The number of hydrogen-bond acceptors (Lipinski definition) is 2. The van der Waals surface area contributed by atoms with Gasteiger partial charge in [-0.1, -0.05) is 15.9 Å². The van der Waals surface area contributed by atoms with Gasteiger partial charge in [0.2, 0.25) is 0 Å². The van der Waals surface area contributed by atoms with E-state index in [9.17, 15) is 8.78 Å². The fraction of sp³-hybridized carbons (Fsp3) is 0.455. The Bertz CT molecular complexity index is 335. The summed E-state index contributed by atoms with van der Waals surface area (Å²) in [6.45, 7) is 1.86. The van der Waals surface area contributed by atoms with E-state index in [4.69, 9.17) is 9.47 Å². The second-order valence-electron chi connectivity index (χ2n) is 3.38. The third-order valence-electron chi connectivity index (χ3n) is 2.08. The van der Waals surface area contributed by atoms with Crippen LogP contribution in [0.2, 0.25) is 0 Å². The molecule has 0 aliphatic heterocycles. The highest BCUT2D eigenvalue weighted by Crippen LogP contribution is 2.24. The van der Waals surface area contributed by atoms with Crippen molar-refractivity contribution in [3.8, 4) is 5.75 Å². The van der Waals surface area contributed by atoms with Crippen LogP contribution < -0.4 is 4.74 Å². The molecule has 0 saturated heterocycles. The Morgan fingerprint density at radius 2 is 1.88 bits per heavy atom. The van der Waals surface area contributed by atoms with E-state index in [2.05, 4.69) is 15.9 Å². The van der Waals surface area contributed by atoms with Crippen molar-refractivity contribution in [2.75, 3.05) is 13.7 Å². The highest BCUT2D eigenvalue weighted by Gasteiger charge is 2.13. The molecule has 0 aliphatic rings. The molecule has 0 radical (unpaired) electrons. The molecule has 0 aromatic heterocycles. The summed E-state index contributed by atoms with van der Waals surface area (Å²) in [4.78, 5) is 0. The molecule has 2 nitrogen and oxygen atoms in total. The Morgan fingerprint density at radius 3 is 2.31 bits per heavy atom. The number of alkyl halides is 1. The maximum atomic E-state index is 13.4. The first-order valence-electron chi connectivity index (χ1n) is 4.78. The van der Waals surface area contributed by atoms with Crippen LogP contribution in [0.4, 0.5) is 8.78 Å². The Kier molecular flexibility index (Phi) is 5.15. The van der Waals surface area contributed by atoms with Crippen LogP contribution in [0.3, 0.4) is 0 Å². The first-order valence-corrected chi connectivity index (χ1v) is 5.90. The molecule has 0 N–H and O–H groups in total. The molecular weight excluding hydrogens is 282 g/mol. The average molecular weight is 295 g/mol. The quantitative estimate of drug-likeness (QED) is 0.776. The van der Waals surface area contributed by atoms with E-state index in [-0.39, 0.29) is 18.5 Å². The van der Waals surface area contributed by atoms with Crippen LogP contribution >= 0.6 is 15.9 Å². The van der Waals surface area contributed by atoms with Gasteiger partial charge in [0, 0.05) is 12.4 Å². The fourth-order valence-corrected chi connectivity index (χ4v) is 1.42. The summed E-state index contributed by atoms with van der Waals surface area (Å²) >= 11 is 3.13. The normalized spacial score (nSPS) is 12.6. The van der Waals surface area contributed by atoms with E-state index in [1.807, 2.05) is 0 Å². The van der Waals surface area contributed by atoms with Crippen molar-refractivity contribution in [2.45, 2.75) is 18.4 Å². The number of rotatable bonds is 5. The molecule has 1 unspecified atom stereocenters. The van der Waals surface area contributed by atoms with Crippen LogP contribution in [-0.2, 0) is 10.1 Å². The second kappa shape index (κ2) is 6.15. The lowest BCUT2D eigenvalue weighted by atomic mass is 10.2. The van der Waals surface area contributed by atoms with E-state index in [1.165, 1.54) is 19.2 Å². The summed E-state index contributed by atoms with van der Waals surface area (Å²) in [5.74, 6) is -1.75. The lowest BCUT2D eigenvalue weighted by Gasteiger charge is -2.13. The van der Waals surface area contributed by atoms with Gasteiger partial charge < -0.3 is 9.47 Å². The molecule has 0 heterocycles. The van der Waals surface area contributed by atoms with E-state index < -0.39 is 11.6 Å². The van der Waals surface area contributed by atoms with Crippen LogP contribution in [0.25, 0.3) is 0 Å². The minimum atomic E-state index is -0.697. The molecule has 0 fully saturated rings. The maximum Gasteiger partial charge on any atom is 0.190 e. The zero-order valence-electron chi connectivity index (χ0n) is 9.10. The molecule has 0 spiro atoms. The minimum Gasteiger partial charge on any atom is -0.485 e. The molecular formula is C11H13BrF2O2. The van der Waals surface area contributed by atoms with Gasteiger partial charge in [-0.2, -0.15) is 0 Å². The molecule has 0 amide bonds. The van der Waals surface area contributed by atoms with Crippen molar-refractivity contribution in [3.63, 3.8) is 0 Å². The van der Waals surface area contributed by atoms with Crippen LogP contribution in [0, 0.1) is 11.6 Å². The largest absolute Gasteiger partial charge is 0.485 e. The average Bonchev–Trinajstić information content (AvgIpc) is 2.27. The summed E-state index contributed by atoms with van der Waals surface area (Å²) in [5, 5.41) is 0.398. The predicted octanol–water partition coefficient (Wildman–Crippen LogP) is 3.27. The first kappa shape index (κ1) is 13.4. The molecule has 16 heavy (non-hydrogen) atoms. The first-order chi connectivity index (χ1) is 7.58. The molecule has 1 rings (SSSR count). The highest BCUT2D eigenvalue weighted by molar-refractivity contribution is 9.08. The maximum absolute atomic E-state index is 13.4. The monoisotopic (exact) mass is 294 g/mol. The third-order valence-corrected chi connectivity index (χ3v) is 2.72. The van der Waals surface area contributed by atoms with Crippen LogP contribution in [0.5, 0.6) is 5.75 Å². The number of methoxy groups -OCH3 is 1. The topological polar surface area (TPSA) is 18.5 Å². The van der Waals surface area contributed by atoms with Gasteiger partial charge >= 0.3 is 0 Å². The molecule has 0 saturated carbocycles. The zero-order chi connectivity index (χ0) is 12.1. The summed E-state index contributed by atoms with van der Waals surface area (Å²) in [6.07, 6.45) is -0.213. The molecule has 0 bridgehead atoms. The smallest absolute Gasteiger partial charge is 0.190 e. The van der Waals surface area contributed by atoms with Crippen LogP contribution in [-0.4, -0.2) is 19.8 Å². The van der Waals surface area contributed by atoms with Crippen molar-refractivity contribution in [2.24, 2.45) is 0 Å². The zero-order valence-corrected chi connectivity index (χ0v) is 10.7.